The molecule has 0 aliphatic rings. The molecule has 1 aromatic carbocycles. The van der Waals surface area contributed by atoms with Crippen molar-refractivity contribution in [3.05, 3.63) is 18.2 Å². The Labute approximate surface area is 75.0 Å². The highest BCUT2D eigenvalue weighted by Gasteiger charge is 2.40. The van der Waals surface area contributed by atoms with E-state index in [4.69, 9.17) is 10.2 Å². The van der Waals surface area contributed by atoms with Crippen LogP contribution in [0.1, 0.15) is 0 Å². The third-order valence-electron chi connectivity index (χ3n) is 1.37. The second kappa shape index (κ2) is 3.30. The largest absolute Gasteiger partial charge is 0.508 e. The highest BCUT2D eigenvalue weighted by Crippen LogP contribution is 2.29. The molecular formula is C6H8NO5S+2. The van der Waals surface area contributed by atoms with E-state index < -0.39 is 21.1 Å². The normalized spacial score (nSPS) is 15.2. The molecule has 0 aromatic heterocycles. The molecule has 0 aliphatic carbocycles. The average Bonchev–Trinajstić information content (AvgIpc) is 2.03. The van der Waals surface area contributed by atoms with Gasteiger partial charge in [-0.1, -0.05) is 0 Å². The fourth-order valence-corrected chi connectivity index (χ4v) is 1.46. The molecule has 71 valence electrons. The maximum atomic E-state index is 11.0. The van der Waals surface area contributed by atoms with Crippen molar-refractivity contribution >= 4 is 10.5 Å². The number of phenolic OH excluding ortho intramolecular Hbond substituents is 2. The number of quaternary nitrogens is 1. The van der Waals surface area contributed by atoms with Gasteiger partial charge in [-0.3, -0.25) is 0 Å². The van der Waals surface area contributed by atoms with E-state index in [9.17, 15) is 8.76 Å². The molecule has 0 amide bonds. The monoisotopic (exact) mass is 206 g/mol. The second-order valence-corrected chi connectivity index (χ2v) is 3.81. The van der Waals surface area contributed by atoms with Gasteiger partial charge in [-0.2, -0.15) is 5.90 Å². The summed E-state index contributed by atoms with van der Waals surface area (Å²) in [7, 11) is -4.02. The summed E-state index contributed by atoms with van der Waals surface area (Å²) in [4.78, 5) is -0.430. The third kappa shape index (κ3) is 1.95. The van der Waals surface area contributed by atoms with E-state index in [0.717, 1.165) is 18.2 Å². The van der Waals surface area contributed by atoms with Crippen molar-refractivity contribution in [3.8, 4) is 11.5 Å². The van der Waals surface area contributed by atoms with E-state index in [1.54, 1.807) is 0 Å². The fourth-order valence-electron chi connectivity index (χ4n) is 0.781. The zero-order valence-corrected chi connectivity index (χ0v) is 7.28. The number of benzene rings is 1. The Bertz CT molecular complexity index is 366. The Morgan fingerprint density at radius 1 is 1.38 bits per heavy atom. The molecule has 1 atom stereocenters. The molecule has 0 bridgehead atoms. The van der Waals surface area contributed by atoms with Crippen LogP contribution in [0.2, 0.25) is 0 Å². The summed E-state index contributed by atoms with van der Waals surface area (Å²) in [6.45, 7) is 0. The zero-order valence-electron chi connectivity index (χ0n) is 6.47. The Hall–Kier alpha value is -1.15. The molecule has 1 radical (unpaired) electrons. The minimum absolute atomic E-state index is 0.236. The summed E-state index contributed by atoms with van der Waals surface area (Å²) in [6.07, 6.45) is 0. The van der Waals surface area contributed by atoms with Gasteiger partial charge in [-0.05, 0) is 10.3 Å². The summed E-state index contributed by atoms with van der Waals surface area (Å²) < 4.78 is 25.9. The number of hydrogen-bond donors (Lipinski definition) is 3. The molecule has 13 heavy (non-hydrogen) atoms. The first-order chi connectivity index (χ1) is 5.97. The minimum atomic E-state index is -4.02. The first-order valence-electron chi connectivity index (χ1n) is 3.18. The lowest BCUT2D eigenvalue weighted by Crippen LogP contribution is -2.52. The van der Waals surface area contributed by atoms with Gasteiger partial charge >= 0.3 is 10.5 Å². The van der Waals surface area contributed by atoms with Gasteiger partial charge in [0.1, 0.15) is 5.75 Å². The molecule has 7 heteroatoms. The fraction of sp³-hybridized carbons (Fsp3) is 0. The number of aromatic hydroxyl groups is 2. The molecule has 0 heterocycles. The maximum Gasteiger partial charge on any atom is 0.486 e. The Kier molecular flexibility index (Phi) is 2.52. The summed E-state index contributed by atoms with van der Waals surface area (Å²) in [5.41, 5.74) is 0. The molecule has 0 saturated carbocycles. The summed E-state index contributed by atoms with van der Waals surface area (Å²) in [6, 6.07) is 3.03. The van der Waals surface area contributed by atoms with Gasteiger partial charge in [0, 0.05) is 12.1 Å². The van der Waals surface area contributed by atoms with E-state index in [1.165, 1.54) is 0 Å². The lowest BCUT2D eigenvalue weighted by molar-refractivity contribution is -0.637. The van der Waals surface area contributed by atoms with Gasteiger partial charge in [-0.15, -0.1) is 0 Å². The van der Waals surface area contributed by atoms with Gasteiger partial charge in [0.25, 0.3) is 4.90 Å². The standard InChI is InChI=1S/C6H7NO5S/c7-12-13(10,11)6-2-1-4(8)3-5(6)9/h1-3H,7H3,(H-,8,9,10)/q+1/p+1. The lowest BCUT2D eigenvalue weighted by atomic mass is 10.3. The molecule has 0 fully saturated rings. The average molecular weight is 206 g/mol. The highest BCUT2D eigenvalue weighted by atomic mass is 32.3. The van der Waals surface area contributed by atoms with Crippen molar-refractivity contribution < 1.29 is 29.2 Å². The molecule has 0 spiro atoms. The van der Waals surface area contributed by atoms with Crippen LogP contribution >= 0.6 is 0 Å². The highest BCUT2D eigenvalue weighted by molar-refractivity contribution is 7.92. The second-order valence-electron chi connectivity index (χ2n) is 2.22. The number of phenols is 2. The smallest absolute Gasteiger partial charge is 0.486 e. The molecule has 1 rings (SSSR count). The summed E-state index contributed by atoms with van der Waals surface area (Å²) in [5.74, 6) is 1.92. The van der Waals surface area contributed by atoms with Crippen LogP contribution < -0.4 is 5.90 Å². The van der Waals surface area contributed by atoms with Crippen LogP contribution in [-0.4, -0.2) is 10.2 Å². The maximum absolute atomic E-state index is 11.0. The molecule has 1 aromatic rings. The van der Waals surface area contributed by atoms with Crippen LogP contribution in [0.3, 0.4) is 0 Å². The van der Waals surface area contributed by atoms with Crippen LogP contribution in [0, 0.1) is 0 Å². The first-order valence-corrected chi connectivity index (χ1v) is 4.59. The Morgan fingerprint density at radius 2 is 2.00 bits per heavy atom. The summed E-state index contributed by atoms with van der Waals surface area (Å²) >= 11 is 0. The molecule has 6 nitrogen and oxygen atoms in total. The Morgan fingerprint density at radius 3 is 2.46 bits per heavy atom. The van der Waals surface area contributed by atoms with Crippen molar-refractivity contribution in [2.24, 2.45) is 0 Å². The van der Waals surface area contributed by atoms with E-state index in [1.807, 2.05) is 0 Å². The van der Waals surface area contributed by atoms with Gasteiger partial charge in [0.2, 0.25) is 0 Å². The quantitative estimate of drug-likeness (QED) is 0.442. The zero-order chi connectivity index (χ0) is 10.1. The van der Waals surface area contributed by atoms with E-state index in [2.05, 4.69) is 10.2 Å². The van der Waals surface area contributed by atoms with Crippen molar-refractivity contribution in [1.82, 2.24) is 0 Å². The summed E-state index contributed by atoms with van der Waals surface area (Å²) in [5, 5.41) is 18.0. The third-order valence-corrected chi connectivity index (χ3v) is 2.56. The lowest BCUT2D eigenvalue weighted by Gasteiger charge is -1.97. The van der Waals surface area contributed by atoms with Gasteiger partial charge in [0.15, 0.2) is 5.75 Å². The van der Waals surface area contributed by atoms with Crippen molar-refractivity contribution in [1.29, 1.82) is 0 Å². The Balaban J connectivity index is 3.24. The first kappa shape index (κ1) is 9.93. The molecular weight excluding hydrogens is 198 g/mol. The van der Waals surface area contributed by atoms with E-state index in [-0.39, 0.29) is 5.75 Å². The molecule has 1 unspecified atom stereocenters. The van der Waals surface area contributed by atoms with E-state index in [0.29, 0.717) is 0 Å². The SMILES string of the molecule is [NH3+]O[S+]([O])(=O)c1ccc(O)cc1O. The predicted molar refractivity (Wildman–Crippen MR) is 40.7 cm³/mol. The number of rotatable bonds is 2. The minimum Gasteiger partial charge on any atom is -0.508 e. The molecule has 0 saturated heterocycles. The van der Waals surface area contributed by atoms with Crippen molar-refractivity contribution in [3.63, 3.8) is 0 Å². The number of hydrogen-bond acceptors (Lipinski definition) is 4. The van der Waals surface area contributed by atoms with Crippen molar-refractivity contribution in [2.45, 2.75) is 4.90 Å². The van der Waals surface area contributed by atoms with Gasteiger partial charge < -0.3 is 10.2 Å². The van der Waals surface area contributed by atoms with Crippen molar-refractivity contribution in [2.75, 3.05) is 0 Å². The van der Waals surface area contributed by atoms with Crippen LogP contribution in [0.5, 0.6) is 11.5 Å². The van der Waals surface area contributed by atoms with Crippen LogP contribution in [0.15, 0.2) is 23.1 Å². The van der Waals surface area contributed by atoms with E-state index >= 15 is 0 Å². The topological polar surface area (TPSA) is 114 Å². The van der Waals surface area contributed by atoms with Crippen LogP contribution in [0.4, 0.5) is 0 Å². The van der Waals surface area contributed by atoms with Crippen LogP contribution in [-0.2, 0) is 23.5 Å². The van der Waals surface area contributed by atoms with Gasteiger partial charge in [0.05, 0.1) is 8.84 Å². The molecule has 0 aliphatic heterocycles. The van der Waals surface area contributed by atoms with Gasteiger partial charge in [-0.25, -0.2) is 0 Å². The van der Waals surface area contributed by atoms with Crippen LogP contribution in [0.25, 0.3) is 0 Å². The molecule has 5 N–H and O–H groups in total. The predicted octanol–water partition coefficient (Wildman–Crippen LogP) is -0.610.